The zero-order valence-electron chi connectivity index (χ0n) is 10.3. The molecule has 1 fully saturated rings. The molecule has 0 aromatic heterocycles. The van der Waals surface area contributed by atoms with Crippen molar-refractivity contribution in [3.63, 3.8) is 0 Å². The third-order valence-corrected chi connectivity index (χ3v) is 3.83. The first-order chi connectivity index (χ1) is 7.27. The molecular weight excluding hydrogens is 250 g/mol. The molecule has 1 saturated carbocycles. The first-order valence-electron chi connectivity index (χ1n) is 6.58. The largest absolute Gasteiger partial charge is 0.300 e. The highest BCUT2D eigenvalue weighted by Crippen LogP contribution is 2.27. The second kappa shape index (κ2) is 7.67. The van der Waals surface area contributed by atoms with Gasteiger partial charge >= 0.3 is 0 Å². The predicted octanol–water partition coefficient (Wildman–Crippen LogP) is 4.06. The Balaban J connectivity index is 2.13. The summed E-state index contributed by atoms with van der Waals surface area (Å²) in [6.07, 6.45) is 8.33. The van der Waals surface area contributed by atoms with Crippen molar-refractivity contribution in [1.29, 1.82) is 0 Å². The molecule has 0 aliphatic heterocycles. The summed E-state index contributed by atoms with van der Waals surface area (Å²) < 4.78 is 0. The lowest BCUT2D eigenvalue weighted by molar-refractivity contribution is 0.240. The Labute approximate surface area is 104 Å². The van der Waals surface area contributed by atoms with Crippen molar-refractivity contribution in [2.75, 3.05) is 18.4 Å². The minimum Gasteiger partial charge on any atom is -0.300 e. The van der Waals surface area contributed by atoms with Gasteiger partial charge in [-0.1, -0.05) is 36.2 Å². The summed E-state index contributed by atoms with van der Waals surface area (Å²) >= 11 is 3.53. The van der Waals surface area contributed by atoms with Crippen LogP contribution in [0.3, 0.4) is 0 Å². The van der Waals surface area contributed by atoms with E-state index in [0.717, 1.165) is 17.3 Å². The van der Waals surface area contributed by atoms with E-state index in [1.165, 1.54) is 51.6 Å². The maximum atomic E-state index is 3.53. The van der Waals surface area contributed by atoms with Gasteiger partial charge in [0, 0.05) is 11.4 Å². The van der Waals surface area contributed by atoms with Gasteiger partial charge in [0.15, 0.2) is 0 Å². The molecule has 2 heteroatoms. The van der Waals surface area contributed by atoms with Crippen LogP contribution >= 0.6 is 15.9 Å². The quantitative estimate of drug-likeness (QED) is 0.574. The van der Waals surface area contributed by atoms with E-state index in [1.54, 1.807) is 0 Å². The van der Waals surface area contributed by atoms with Crippen molar-refractivity contribution in [3.8, 4) is 0 Å². The van der Waals surface area contributed by atoms with E-state index < -0.39 is 0 Å². The van der Waals surface area contributed by atoms with Crippen LogP contribution in [0.25, 0.3) is 0 Å². The molecule has 15 heavy (non-hydrogen) atoms. The van der Waals surface area contributed by atoms with Gasteiger partial charge in [-0.25, -0.2) is 0 Å². The van der Waals surface area contributed by atoms with E-state index in [1.807, 2.05) is 0 Å². The summed E-state index contributed by atoms with van der Waals surface area (Å²) in [7, 11) is 0. The fourth-order valence-corrected chi connectivity index (χ4v) is 2.78. The molecule has 1 aliphatic carbocycles. The smallest absolute Gasteiger partial charge is 0.00964 e. The molecule has 1 unspecified atom stereocenters. The third kappa shape index (κ3) is 5.91. The number of nitrogens with zero attached hydrogens (tertiary/aromatic N) is 1. The van der Waals surface area contributed by atoms with Crippen molar-refractivity contribution >= 4 is 15.9 Å². The normalized spacial score (nSPS) is 18.4. The lowest BCUT2D eigenvalue weighted by atomic mass is 10.0. The minimum atomic E-state index is 0.882. The van der Waals surface area contributed by atoms with E-state index in [4.69, 9.17) is 0 Å². The molecule has 0 saturated heterocycles. The Morgan fingerprint density at radius 2 is 2.00 bits per heavy atom. The SMILES string of the molecule is CCCCN(CCC(C)CCBr)C1CC1. The molecular formula is C13H26BrN. The van der Waals surface area contributed by atoms with Crippen LogP contribution < -0.4 is 0 Å². The van der Waals surface area contributed by atoms with Crippen molar-refractivity contribution in [2.45, 2.75) is 58.4 Å². The molecule has 0 aromatic carbocycles. The van der Waals surface area contributed by atoms with Gasteiger partial charge in [-0.3, -0.25) is 0 Å². The molecule has 0 heterocycles. The second-order valence-electron chi connectivity index (χ2n) is 4.99. The molecule has 1 aliphatic rings. The average Bonchev–Trinajstić information content (AvgIpc) is 3.02. The van der Waals surface area contributed by atoms with Crippen LogP contribution in [0.1, 0.15) is 52.4 Å². The van der Waals surface area contributed by atoms with Crippen LogP contribution in [-0.4, -0.2) is 29.4 Å². The number of rotatable bonds is 9. The monoisotopic (exact) mass is 275 g/mol. The molecule has 0 aromatic rings. The van der Waals surface area contributed by atoms with Gasteiger partial charge in [0.25, 0.3) is 0 Å². The third-order valence-electron chi connectivity index (χ3n) is 3.37. The minimum absolute atomic E-state index is 0.882. The summed E-state index contributed by atoms with van der Waals surface area (Å²) in [6.45, 7) is 7.34. The van der Waals surface area contributed by atoms with Crippen molar-refractivity contribution in [2.24, 2.45) is 5.92 Å². The molecule has 1 atom stereocenters. The average molecular weight is 276 g/mol. The molecule has 0 bridgehead atoms. The number of alkyl halides is 1. The highest BCUT2D eigenvalue weighted by Gasteiger charge is 2.28. The lowest BCUT2D eigenvalue weighted by Gasteiger charge is -2.23. The summed E-state index contributed by atoms with van der Waals surface area (Å²) in [5, 5.41) is 1.16. The van der Waals surface area contributed by atoms with Crippen LogP contribution in [0.4, 0.5) is 0 Å². The van der Waals surface area contributed by atoms with Gasteiger partial charge in [-0.2, -0.15) is 0 Å². The van der Waals surface area contributed by atoms with Gasteiger partial charge in [0.05, 0.1) is 0 Å². The summed E-state index contributed by atoms with van der Waals surface area (Å²) in [5.74, 6) is 0.882. The first-order valence-corrected chi connectivity index (χ1v) is 7.70. The summed E-state index contributed by atoms with van der Waals surface area (Å²) in [4.78, 5) is 2.73. The maximum Gasteiger partial charge on any atom is 0.00964 e. The van der Waals surface area contributed by atoms with E-state index in [0.29, 0.717) is 0 Å². The first kappa shape index (κ1) is 13.5. The Morgan fingerprint density at radius 1 is 1.27 bits per heavy atom. The van der Waals surface area contributed by atoms with Crippen molar-refractivity contribution in [1.82, 2.24) is 4.90 Å². The summed E-state index contributed by atoms with van der Waals surface area (Å²) in [6, 6.07) is 0.952. The van der Waals surface area contributed by atoms with Crippen LogP contribution in [0.5, 0.6) is 0 Å². The van der Waals surface area contributed by atoms with E-state index in [2.05, 4.69) is 34.7 Å². The summed E-state index contributed by atoms with van der Waals surface area (Å²) in [5.41, 5.74) is 0. The van der Waals surface area contributed by atoms with Crippen LogP contribution in [0.15, 0.2) is 0 Å². The molecule has 0 amide bonds. The predicted molar refractivity (Wildman–Crippen MR) is 71.7 cm³/mol. The van der Waals surface area contributed by atoms with Crippen LogP contribution in [-0.2, 0) is 0 Å². The second-order valence-corrected chi connectivity index (χ2v) is 5.79. The van der Waals surface area contributed by atoms with Gasteiger partial charge in [-0.05, 0) is 51.1 Å². The van der Waals surface area contributed by atoms with Crippen molar-refractivity contribution in [3.05, 3.63) is 0 Å². The van der Waals surface area contributed by atoms with Crippen LogP contribution in [0, 0.1) is 5.92 Å². The number of hydrogen-bond acceptors (Lipinski definition) is 1. The Hall–Kier alpha value is 0.440. The topological polar surface area (TPSA) is 3.24 Å². The van der Waals surface area contributed by atoms with Gasteiger partial charge < -0.3 is 4.90 Å². The Bertz CT molecular complexity index is 157. The molecule has 1 rings (SSSR count). The van der Waals surface area contributed by atoms with E-state index >= 15 is 0 Å². The standard InChI is InChI=1S/C13H26BrN/c1-3-4-10-15(13-5-6-13)11-8-12(2)7-9-14/h12-13H,3-11H2,1-2H3. The van der Waals surface area contributed by atoms with Crippen LogP contribution in [0.2, 0.25) is 0 Å². The highest BCUT2D eigenvalue weighted by molar-refractivity contribution is 9.09. The molecule has 1 nitrogen and oxygen atoms in total. The van der Waals surface area contributed by atoms with Gasteiger partial charge in [-0.15, -0.1) is 0 Å². The molecule has 0 radical (unpaired) electrons. The Kier molecular flexibility index (Phi) is 6.91. The highest BCUT2D eigenvalue weighted by atomic mass is 79.9. The number of unbranched alkanes of at least 4 members (excludes halogenated alkanes) is 1. The number of halogens is 1. The van der Waals surface area contributed by atoms with Crippen molar-refractivity contribution < 1.29 is 0 Å². The molecule has 0 spiro atoms. The Morgan fingerprint density at radius 3 is 2.53 bits per heavy atom. The van der Waals surface area contributed by atoms with Gasteiger partial charge in [0.1, 0.15) is 0 Å². The molecule has 90 valence electrons. The maximum absolute atomic E-state index is 3.53. The molecule has 0 N–H and O–H groups in total. The van der Waals surface area contributed by atoms with E-state index in [-0.39, 0.29) is 0 Å². The van der Waals surface area contributed by atoms with E-state index in [9.17, 15) is 0 Å². The number of hydrogen-bond donors (Lipinski definition) is 0. The fraction of sp³-hybridized carbons (Fsp3) is 1.00. The fourth-order valence-electron chi connectivity index (χ4n) is 1.99. The zero-order valence-corrected chi connectivity index (χ0v) is 11.9. The lowest BCUT2D eigenvalue weighted by Crippen LogP contribution is -2.29. The van der Waals surface area contributed by atoms with Gasteiger partial charge in [0.2, 0.25) is 0 Å². The zero-order chi connectivity index (χ0) is 11.1.